The summed E-state index contributed by atoms with van der Waals surface area (Å²) in [6, 6.07) is 35.9. The molecule has 5 aromatic carbocycles. The standard InChI is InChI=1S/C39H42F7N3O4.C36H48N6O4/c1-3-15-47(2)34(50)23-52-33-21-26-6-4-5-7-32(26)36(33)12-16-48(17-13-36)18-14-37(28-8-10-31(40)11-9-28)24-49(25-53-37)35(51)27-19-29(38(41,42)43)22-30(20-27)39(44,45)46;1-4-40(2)35(44)33-19-18-29(27-38-33)37-22-12-6-9-17-34(43)41(3)25-26-42-23-20-30(21-24-42)46-36(45)39-32-16-11-10-15-31(32)28-13-7-5-8-14-28/h4-11,19-20,22,33H,3,12-18,21,23-25H2,1-2H3;5,7-8,10-11,13-16,18-19,27,30,37H,4,6,9,12,17,20-26H2,1-3H3,(H,39,45)/t33-,37-;/m0./s1. The Kier molecular flexibility index (Phi) is 25.7. The molecule has 2 atom stereocenters. The number of halogens is 7. The lowest BCUT2D eigenvalue weighted by atomic mass is 9.72. The van der Waals surface area contributed by atoms with Crippen LogP contribution < -0.4 is 10.6 Å². The van der Waals surface area contributed by atoms with Crippen molar-refractivity contribution in [2.24, 2.45) is 0 Å². The summed E-state index contributed by atoms with van der Waals surface area (Å²) in [6.45, 7) is 10.4. The Hall–Kier alpha value is -8.45. The van der Waals surface area contributed by atoms with Gasteiger partial charge in [-0.15, -0.1) is 0 Å². The van der Waals surface area contributed by atoms with Gasteiger partial charge in [-0.2, -0.15) is 26.3 Å². The highest BCUT2D eigenvalue weighted by atomic mass is 19.4. The maximum Gasteiger partial charge on any atom is 0.416 e. The van der Waals surface area contributed by atoms with Crippen molar-refractivity contribution >= 4 is 41.1 Å². The van der Waals surface area contributed by atoms with Crippen LogP contribution in [0.4, 0.5) is 46.9 Å². The second-order valence-electron chi connectivity index (χ2n) is 26.1. The summed E-state index contributed by atoms with van der Waals surface area (Å²) in [5.41, 5.74) is 1.56. The van der Waals surface area contributed by atoms with Gasteiger partial charge in [0.2, 0.25) is 11.8 Å². The fourth-order valence-electron chi connectivity index (χ4n) is 13.4. The van der Waals surface area contributed by atoms with Crippen LogP contribution in [0.1, 0.15) is 127 Å². The van der Waals surface area contributed by atoms with Crippen molar-refractivity contribution in [1.29, 1.82) is 0 Å². The van der Waals surface area contributed by atoms with Gasteiger partial charge in [-0.1, -0.05) is 98.3 Å². The monoisotopic (exact) mass is 1380 g/mol. The molecule has 6 aromatic rings. The largest absolute Gasteiger partial charge is 0.446 e. The predicted octanol–water partition coefficient (Wildman–Crippen LogP) is 13.4. The van der Waals surface area contributed by atoms with Gasteiger partial charge in [-0.3, -0.25) is 24.5 Å². The van der Waals surface area contributed by atoms with E-state index in [-0.39, 0.29) is 61.3 Å². The number of likely N-dealkylation sites (N-methyl/N-ethyl adjacent to an activating group) is 2. The molecular formula is C75H90F7N9O8. The quantitative estimate of drug-likeness (QED) is 0.0411. The van der Waals surface area contributed by atoms with Crippen LogP contribution in [0, 0.1) is 5.82 Å². The molecule has 3 aliphatic heterocycles. The van der Waals surface area contributed by atoms with Gasteiger partial charge in [0.25, 0.3) is 11.8 Å². The van der Waals surface area contributed by atoms with Crippen LogP contribution in [0.25, 0.3) is 11.1 Å². The number of benzene rings is 5. The number of para-hydroxylation sites is 1. The van der Waals surface area contributed by atoms with Crippen molar-refractivity contribution in [3.63, 3.8) is 0 Å². The summed E-state index contributed by atoms with van der Waals surface area (Å²) in [7, 11) is 5.40. The molecule has 2 N–H and O–H groups in total. The van der Waals surface area contributed by atoms with Gasteiger partial charge in [0.15, 0.2) is 0 Å². The molecule has 0 radical (unpaired) electrons. The minimum atomic E-state index is -5.11. The normalized spacial score (nSPS) is 17.9. The average molecular weight is 1380 g/mol. The van der Waals surface area contributed by atoms with E-state index >= 15 is 0 Å². The molecule has 5 amide bonds. The number of ether oxygens (including phenoxy) is 3. The van der Waals surface area contributed by atoms with E-state index in [2.05, 4.69) is 37.6 Å². The van der Waals surface area contributed by atoms with Crippen LogP contribution in [0.2, 0.25) is 0 Å². The number of carbonyl (C=O) groups is 5. The zero-order valence-electron chi connectivity index (χ0n) is 56.9. The van der Waals surface area contributed by atoms with E-state index in [4.69, 9.17) is 14.2 Å². The Morgan fingerprint density at radius 2 is 1.36 bits per heavy atom. The average Bonchev–Trinajstić information content (AvgIpc) is 1.61. The number of piperidine rings is 2. The van der Waals surface area contributed by atoms with Crippen molar-refractivity contribution in [3.05, 3.63) is 185 Å². The second-order valence-corrected chi connectivity index (χ2v) is 26.1. The van der Waals surface area contributed by atoms with Crippen molar-refractivity contribution in [2.75, 3.05) is 117 Å². The third-order valence-electron chi connectivity index (χ3n) is 19.4. The van der Waals surface area contributed by atoms with Gasteiger partial charge < -0.3 is 48.9 Å². The van der Waals surface area contributed by atoms with Crippen LogP contribution in [0.5, 0.6) is 0 Å². The molecule has 1 aromatic heterocycles. The first-order valence-electron chi connectivity index (χ1n) is 34.1. The summed E-state index contributed by atoms with van der Waals surface area (Å²) in [4.78, 5) is 78.9. The van der Waals surface area contributed by atoms with Crippen molar-refractivity contribution < 1.29 is 68.9 Å². The van der Waals surface area contributed by atoms with E-state index < -0.39 is 52.5 Å². The first-order chi connectivity index (χ1) is 47.4. The molecule has 17 nitrogen and oxygen atoms in total. The number of carbonyl (C=O) groups excluding carboxylic acids is 5. The highest BCUT2D eigenvalue weighted by molar-refractivity contribution is 5.95. The summed E-state index contributed by atoms with van der Waals surface area (Å²) in [5.74, 6) is -1.54. The Balaban J connectivity index is 0.000000234. The maximum atomic E-state index is 14.0. The molecule has 1 aliphatic carbocycles. The second kappa shape index (κ2) is 34.1. The van der Waals surface area contributed by atoms with E-state index in [1.807, 2.05) is 98.6 Å². The molecule has 532 valence electrons. The minimum absolute atomic E-state index is 0.00855. The van der Waals surface area contributed by atoms with E-state index in [0.717, 1.165) is 105 Å². The van der Waals surface area contributed by atoms with Crippen LogP contribution in [-0.2, 0) is 53.6 Å². The number of unbranched alkanes of at least 4 members (excludes halogenated alkanes) is 2. The number of nitrogens with one attached hydrogen (secondary N) is 2. The molecule has 1 spiro atoms. The third kappa shape index (κ3) is 19.7. The van der Waals surface area contributed by atoms with Crippen LogP contribution in [0.3, 0.4) is 0 Å². The molecule has 0 bridgehead atoms. The number of fused-ring (bicyclic) bond motifs is 2. The van der Waals surface area contributed by atoms with E-state index in [0.29, 0.717) is 81.9 Å². The molecule has 3 saturated heterocycles. The predicted molar refractivity (Wildman–Crippen MR) is 364 cm³/mol. The number of nitrogens with zero attached hydrogens (tertiary/aromatic N) is 7. The van der Waals surface area contributed by atoms with E-state index in [1.165, 1.54) is 35.4 Å². The number of likely N-dealkylation sites (tertiary alicyclic amines) is 2. The molecule has 4 aliphatic rings. The first kappa shape index (κ1) is 74.8. The summed E-state index contributed by atoms with van der Waals surface area (Å²) < 4.78 is 114. The third-order valence-corrected chi connectivity index (χ3v) is 19.4. The number of rotatable bonds is 25. The number of amides is 5. The lowest BCUT2D eigenvalue weighted by Crippen LogP contribution is -2.50. The minimum Gasteiger partial charge on any atom is -0.446 e. The van der Waals surface area contributed by atoms with Crippen molar-refractivity contribution in [3.8, 4) is 11.1 Å². The lowest BCUT2D eigenvalue weighted by molar-refractivity contribution is -0.143. The van der Waals surface area contributed by atoms with Crippen LogP contribution >= 0.6 is 0 Å². The first-order valence-corrected chi connectivity index (χ1v) is 34.1. The molecule has 3 fully saturated rings. The maximum absolute atomic E-state index is 14.0. The Morgan fingerprint density at radius 1 is 0.707 bits per heavy atom. The number of aromatic nitrogens is 1. The Bertz CT molecular complexity index is 3630. The molecule has 99 heavy (non-hydrogen) atoms. The molecular weight excluding hydrogens is 1290 g/mol. The van der Waals surface area contributed by atoms with Gasteiger partial charge >= 0.3 is 18.4 Å². The van der Waals surface area contributed by atoms with Crippen molar-refractivity contribution in [2.45, 2.75) is 120 Å². The zero-order valence-corrected chi connectivity index (χ0v) is 56.9. The number of hydrogen-bond acceptors (Lipinski definition) is 12. The van der Waals surface area contributed by atoms with Crippen molar-refractivity contribution in [1.82, 2.24) is 34.4 Å². The summed E-state index contributed by atoms with van der Waals surface area (Å²) >= 11 is 0. The number of pyridine rings is 1. The van der Waals surface area contributed by atoms with Gasteiger partial charge in [0, 0.05) is 96.5 Å². The number of anilines is 2. The molecule has 24 heteroatoms. The van der Waals surface area contributed by atoms with Gasteiger partial charge in [0.05, 0.1) is 41.3 Å². The van der Waals surface area contributed by atoms with Gasteiger partial charge in [-0.25, -0.2) is 14.2 Å². The molecule has 4 heterocycles. The van der Waals surface area contributed by atoms with E-state index in [9.17, 15) is 54.7 Å². The SMILES string of the molecule is CCCN(C)C(=O)CO[C@H]1Cc2ccccc2C12CCN(CC[C@@]1(c3ccc(F)cc3)CN(C(=O)c3cc(C(F)(F)F)cc(C(F)(F)F)c3)CO1)CC2.CCN(C)C(=O)c1ccc(NCCCCCC(=O)N(C)CCN2CCC(OC(=O)Nc3ccccc3-c3ccccc3)CC2)cn1. The summed E-state index contributed by atoms with van der Waals surface area (Å²) in [5, 5.41) is 6.26. The highest BCUT2D eigenvalue weighted by Gasteiger charge is 2.50. The smallest absolute Gasteiger partial charge is 0.416 e. The Labute approximate surface area is 574 Å². The number of alkyl halides is 6. The number of hydrogen-bond donors (Lipinski definition) is 2. The fraction of sp³-hybridized carbons (Fsp3) is 0.467. The molecule has 0 saturated carbocycles. The fourth-order valence-corrected chi connectivity index (χ4v) is 13.4. The van der Waals surface area contributed by atoms with E-state index in [1.54, 1.807) is 36.2 Å². The Morgan fingerprint density at radius 3 is 2.03 bits per heavy atom. The topological polar surface area (TPSA) is 169 Å². The highest BCUT2D eigenvalue weighted by Crippen LogP contribution is 2.48. The molecule has 10 rings (SSSR count). The van der Waals surface area contributed by atoms with Crippen LogP contribution in [0.15, 0.2) is 140 Å². The lowest BCUT2D eigenvalue weighted by Gasteiger charge is -2.44. The molecule has 0 unspecified atom stereocenters. The van der Waals surface area contributed by atoms with Crippen LogP contribution in [-0.4, -0.2) is 183 Å². The van der Waals surface area contributed by atoms with Gasteiger partial charge in [0.1, 0.15) is 36.6 Å². The summed E-state index contributed by atoms with van der Waals surface area (Å²) in [6.07, 6.45) is -1.09. The van der Waals surface area contributed by atoms with Gasteiger partial charge in [-0.05, 0) is 149 Å². The zero-order chi connectivity index (χ0) is 70.9.